The molecular formula is C50H102O4S. The molecule has 0 heterocycles. The SMILES string of the molecule is CCC(C)CCCCCCCCCCCCCCCCCCCCCOS(=O)(=O)OCCCCCCCCCCCCCCCCCCCCCC(C)CC. The van der Waals surface area contributed by atoms with E-state index < -0.39 is 10.4 Å². The lowest BCUT2D eigenvalue weighted by Crippen LogP contribution is -2.12. The minimum Gasteiger partial charge on any atom is -0.248 e. The maximum Gasteiger partial charge on any atom is 0.399 e. The van der Waals surface area contributed by atoms with Crippen molar-refractivity contribution in [1.82, 2.24) is 0 Å². The summed E-state index contributed by atoms with van der Waals surface area (Å²) in [5.41, 5.74) is 0. The Morgan fingerprint density at radius 1 is 0.291 bits per heavy atom. The standard InChI is InChI=1S/C50H102O4S/c1-5-49(3)45-41-37-33-29-25-21-17-13-9-7-11-15-19-23-27-31-35-39-43-47-53-55(51,52)54-48-44-40-36-32-28-24-20-16-12-8-10-14-18-22-26-30-34-38-42-46-50(4)6-2/h49-50H,5-48H2,1-4H3. The first-order chi connectivity index (χ1) is 26.9. The van der Waals surface area contributed by atoms with Gasteiger partial charge in [0.05, 0.1) is 13.2 Å². The van der Waals surface area contributed by atoms with E-state index in [1.165, 1.54) is 244 Å². The highest BCUT2D eigenvalue weighted by Crippen LogP contribution is 2.19. The zero-order valence-corrected chi connectivity index (χ0v) is 39.1. The summed E-state index contributed by atoms with van der Waals surface area (Å²) in [5.74, 6) is 1.84. The highest BCUT2D eigenvalue weighted by Gasteiger charge is 2.11. The van der Waals surface area contributed by atoms with Crippen LogP contribution in [0.15, 0.2) is 0 Å². The van der Waals surface area contributed by atoms with E-state index in [2.05, 4.69) is 27.7 Å². The monoisotopic (exact) mass is 799 g/mol. The van der Waals surface area contributed by atoms with Crippen LogP contribution in [-0.4, -0.2) is 21.6 Å². The van der Waals surface area contributed by atoms with Crippen LogP contribution in [0.2, 0.25) is 0 Å². The van der Waals surface area contributed by atoms with Crippen LogP contribution in [0.1, 0.15) is 297 Å². The molecule has 0 bridgehead atoms. The topological polar surface area (TPSA) is 52.6 Å². The molecular weight excluding hydrogens is 697 g/mol. The summed E-state index contributed by atoms with van der Waals surface area (Å²) < 4.78 is 34.2. The van der Waals surface area contributed by atoms with Gasteiger partial charge in [-0.1, -0.05) is 285 Å². The molecule has 0 aliphatic rings. The average Bonchev–Trinajstić information content (AvgIpc) is 3.18. The van der Waals surface area contributed by atoms with E-state index in [1.807, 2.05) is 0 Å². The summed E-state index contributed by atoms with van der Waals surface area (Å²) in [7, 11) is -3.84. The molecule has 0 saturated heterocycles. The van der Waals surface area contributed by atoms with Crippen molar-refractivity contribution in [3.8, 4) is 0 Å². The van der Waals surface area contributed by atoms with Crippen molar-refractivity contribution in [3.05, 3.63) is 0 Å². The minimum atomic E-state index is -3.84. The molecule has 4 nitrogen and oxygen atoms in total. The van der Waals surface area contributed by atoms with Gasteiger partial charge in [0.1, 0.15) is 0 Å². The molecule has 55 heavy (non-hydrogen) atoms. The first-order valence-corrected chi connectivity index (χ1v) is 26.8. The van der Waals surface area contributed by atoms with Gasteiger partial charge in [-0.05, 0) is 24.7 Å². The molecule has 0 rings (SSSR count). The van der Waals surface area contributed by atoms with E-state index in [0.717, 1.165) is 37.5 Å². The Labute approximate surface area is 348 Å². The van der Waals surface area contributed by atoms with E-state index in [-0.39, 0.29) is 13.2 Å². The fraction of sp³-hybridized carbons (Fsp3) is 1.00. The zero-order valence-electron chi connectivity index (χ0n) is 38.3. The summed E-state index contributed by atoms with van der Waals surface area (Å²) in [5, 5.41) is 0. The van der Waals surface area contributed by atoms with Crippen LogP contribution in [0, 0.1) is 11.8 Å². The van der Waals surface area contributed by atoms with Gasteiger partial charge in [-0.3, -0.25) is 0 Å². The lowest BCUT2D eigenvalue weighted by molar-refractivity contribution is 0.208. The molecule has 0 amide bonds. The van der Waals surface area contributed by atoms with Crippen LogP contribution in [0.4, 0.5) is 0 Å². The molecule has 5 heteroatoms. The van der Waals surface area contributed by atoms with Crippen LogP contribution in [0.3, 0.4) is 0 Å². The number of rotatable bonds is 48. The first kappa shape index (κ1) is 54.9. The molecule has 2 atom stereocenters. The van der Waals surface area contributed by atoms with Gasteiger partial charge >= 0.3 is 10.4 Å². The van der Waals surface area contributed by atoms with Crippen molar-refractivity contribution in [1.29, 1.82) is 0 Å². The van der Waals surface area contributed by atoms with Gasteiger partial charge in [0.15, 0.2) is 0 Å². The van der Waals surface area contributed by atoms with Crippen LogP contribution in [0.5, 0.6) is 0 Å². The number of unbranched alkanes of at least 4 members (excludes halogenated alkanes) is 36. The molecule has 0 spiro atoms. The Kier molecular flexibility index (Phi) is 44.9. The third-order valence-corrected chi connectivity index (χ3v) is 13.4. The Morgan fingerprint density at radius 2 is 0.455 bits per heavy atom. The highest BCUT2D eigenvalue weighted by molar-refractivity contribution is 7.81. The molecule has 2 unspecified atom stereocenters. The average molecular weight is 799 g/mol. The van der Waals surface area contributed by atoms with Crippen molar-refractivity contribution < 1.29 is 16.8 Å². The second-order valence-electron chi connectivity index (χ2n) is 18.1. The van der Waals surface area contributed by atoms with E-state index in [9.17, 15) is 8.42 Å². The normalized spacial score (nSPS) is 13.2. The van der Waals surface area contributed by atoms with Crippen molar-refractivity contribution in [2.24, 2.45) is 11.8 Å². The van der Waals surface area contributed by atoms with Gasteiger partial charge in [0, 0.05) is 0 Å². The summed E-state index contributed by atoms with van der Waals surface area (Å²) in [6.45, 7) is 9.90. The van der Waals surface area contributed by atoms with Crippen molar-refractivity contribution in [3.63, 3.8) is 0 Å². The number of hydrogen-bond acceptors (Lipinski definition) is 4. The summed E-state index contributed by atoms with van der Waals surface area (Å²) >= 11 is 0. The Bertz CT molecular complexity index is 755. The molecule has 0 saturated carbocycles. The quantitative estimate of drug-likeness (QED) is 0.0575. The van der Waals surface area contributed by atoms with Crippen molar-refractivity contribution >= 4 is 10.4 Å². The molecule has 0 aromatic carbocycles. The maximum absolute atomic E-state index is 12.0. The van der Waals surface area contributed by atoms with Crippen LogP contribution >= 0.6 is 0 Å². The lowest BCUT2D eigenvalue weighted by atomic mass is 9.99. The van der Waals surface area contributed by atoms with E-state index >= 15 is 0 Å². The van der Waals surface area contributed by atoms with Gasteiger partial charge < -0.3 is 0 Å². The summed E-state index contributed by atoms with van der Waals surface area (Å²) in [4.78, 5) is 0. The second-order valence-corrected chi connectivity index (χ2v) is 19.4. The molecule has 0 aliphatic carbocycles. The summed E-state index contributed by atoms with van der Waals surface area (Å²) in [6, 6.07) is 0. The zero-order chi connectivity index (χ0) is 40.2. The third kappa shape index (κ3) is 46.4. The van der Waals surface area contributed by atoms with Gasteiger partial charge in [-0.25, -0.2) is 8.37 Å². The van der Waals surface area contributed by atoms with E-state index in [0.29, 0.717) is 0 Å². The minimum absolute atomic E-state index is 0.250. The molecule has 0 fully saturated rings. The van der Waals surface area contributed by atoms with Crippen LogP contribution in [-0.2, 0) is 18.8 Å². The van der Waals surface area contributed by atoms with Gasteiger partial charge in [-0.2, -0.15) is 8.42 Å². The van der Waals surface area contributed by atoms with Crippen LogP contribution < -0.4 is 0 Å². The molecule has 0 aromatic heterocycles. The third-order valence-electron chi connectivity index (χ3n) is 12.5. The Hall–Kier alpha value is -0.130. The van der Waals surface area contributed by atoms with Crippen LogP contribution in [0.25, 0.3) is 0 Å². The Balaban J connectivity index is 3.26. The van der Waals surface area contributed by atoms with Crippen molar-refractivity contribution in [2.45, 2.75) is 297 Å². The first-order valence-electron chi connectivity index (χ1n) is 25.4. The second kappa shape index (κ2) is 45.0. The summed E-state index contributed by atoms with van der Waals surface area (Å²) in [6.07, 6.45) is 56.4. The molecule has 332 valence electrons. The maximum atomic E-state index is 12.0. The van der Waals surface area contributed by atoms with Crippen molar-refractivity contribution in [2.75, 3.05) is 13.2 Å². The molecule has 0 radical (unpaired) electrons. The smallest absolute Gasteiger partial charge is 0.248 e. The van der Waals surface area contributed by atoms with E-state index in [1.54, 1.807) is 0 Å². The molecule has 0 aliphatic heterocycles. The fourth-order valence-corrected chi connectivity index (χ4v) is 8.68. The van der Waals surface area contributed by atoms with Gasteiger partial charge in [0.2, 0.25) is 0 Å². The molecule has 0 aromatic rings. The Morgan fingerprint density at radius 3 is 0.636 bits per heavy atom. The van der Waals surface area contributed by atoms with Gasteiger partial charge in [0.25, 0.3) is 0 Å². The highest BCUT2D eigenvalue weighted by atomic mass is 32.3. The number of hydrogen-bond donors (Lipinski definition) is 0. The van der Waals surface area contributed by atoms with Gasteiger partial charge in [-0.15, -0.1) is 0 Å². The van der Waals surface area contributed by atoms with E-state index in [4.69, 9.17) is 8.37 Å². The molecule has 0 N–H and O–H groups in total. The lowest BCUT2D eigenvalue weighted by Gasteiger charge is -2.07. The fourth-order valence-electron chi connectivity index (χ4n) is 7.96. The predicted molar refractivity (Wildman–Crippen MR) is 244 cm³/mol. The predicted octanol–water partition coefficient (Wildman–Crippen LogP) is 18.0. The largest absolute Gasteiger partial charge is 0.399 e.